The van der Waals surface area contributed by atoms with Crippen molar-refractivity contribution in [1.29, 1.82) is 0 Å². The van der Waals surface area contributed by atoms with E-state index >= 15 is 0 Å². The largest absolute Gasteiger partial charge is 0.490 e. The summed E-state index contributed by atoms with van der Waals surface area (Å²) in [4.78, 5) is 0. The molecular formula is C17H20BrNO2. The van der Waals surface area contributed by atoms with Crippen molar-refractivity contribution in [3.8, 4) is 11.5 Å². The summed E-state index contributed by atoms with van der Waals surface area (Å²) in [7, 11) is 0. The monoisotopic (exact) mass is 349 g/mol. The molecule has 112 valence electrons. The van der Waals surface area contributed by atoms with Crippen molar-refractivity contribution in [2.75, 3.05) is 19.8 Å². The predicted octanol–water partition coefficient (Wildman–Crippen LogP) is 4.02. The Morgan fingerprint density at radius 1 is 0.952 bits per heavy atom. The van der Waals surface area contributed by atoms with Crippen molar-refractivity contribution in [3.05, 3.63) is 58.6 Å². The van der Waals surface area contributed by atoms with E-state index < -0.39 is 0 Å². The van der Waals surface area contributed by atoms with Gasteiger partial charge in [0, 0.05) is 12.1 Å². The molecule has 0 aliphatic heterocycles. The second kappa shape index (κ2) is 8.70. The normalized spacial score (nSPS) is 10.4. The van der Waals surface area contributed by atoms with E-state index in [4.69, 9.17) is 9.47 Å². The zero-order chi connectivity index (χ0) is 14.9. The van der Waals surface area contributed by atoms with Crippen LogP contribution in [0.3, 0.4) is 0 Å². The first kappa shape index (κ1) is 15.9. The van der Waals surface area contributed by atoms with E-state index in [9.17, 15) is 0 Å². The van der Waals surface area contributed by atoms with Gasteiger partial charge in [0.25, 0.3) is 0 Å². The van der Waals surface area contributed by atoms with Crippen LogP contribution in [0.5, 0.6) is 11.5 Å². The first-order valence-corrected chi connectivity index (χ1v) is 7.89. The molecule has 21 heavy (non-hydrogen) atoms. The Hall–Kier alpha value is -1.52. The second-order valence-electron chi connectivity index (χ2n) is 4.52. The summed E-state index contributed by atoms with van der Waals surface area (Å²) in [5.74, 6) is 1.75. The van der Waals surface area contributed by atoms with Gasteiger partial charge in [0.1, 0.15) is 24.7 Å². The molecule has 3 nitrogen and oxygen atoms in total. The van der Waals surface area contributed by atoms with Crippen LogP contribution in [0, 0.1) is 0 Å². The molecule has 0 atom stereocenters. The van der Waals surface area contributed by atoms with E-state index in [1.54, 1.807) is 0 Å². The first-order valence-electron chi connectivity index (χ1n) is 7.10. The van der Waals surface area contributed by atoms with Gasteiger partial charge in [-0.3, -0.25) is 0 Å². The molecule has 0 saturated heterocycles. The maximum Gasteiger partial charge on any atom is 0.138 e. The van der Waals surface area contributed by atoms with E-state index in [1.807, 2.05) is 42.5 Å². The van der Waals surface area contributed by atoms with Crippen molar-refractivity contribution in [1.82, 2.24) is 5.32 Å². The highest BCUT2D eigenvalue weighted by Crippen LogP contribution is 2.29. The molecule has 0 spiro atoms. The summed E-state index contributed by atoms with van der Waals surface area (Å²) >= 11 is 3.54. The molecule has 0 heterocycles. The first-order chi connectivity index (χ1) is 10.3. The lowest BCUT2D eigenvalue weighted by molar-refractivity contribution is 0.215. The smallest absolute Gasteiger partial charge is 0.138 e. The summed E-state index contributed by atoms with van der Waals surface area (Å²) in [5.41, 5.74) is 1.14. The molecule has 0 fully saturated rings. The molecular weight excluding hydrogens is 330 g/mol. The average molecular weight is 350 g/mol. The van der Waals surface area contributed by atoms with E-state index in [0.29, 0.717) is 13.2 Å². The molecule has 2 aromatic carbocycles. The fourth-order valence-electron chi connectivity index (χ4n) is 1.93. The Labute approximate surface area is 134 Å². The Morgan fingerprint density at radius 3 is 2.48 bits per heavy atom. The number of ether oxygens (including phenoxy) is 2. The van der Waals surface area contributed by atoms with Gasteiger partial charge in [0.15, 0.2) is 0 Å². The third-order valence-corrected chi connectivity index (χ3v) is 3.58. The molecule has 2 rings (SSSR count). The zero-order valence-electron chi connectivity index (χ0n) is 12.1. The fraction of sp³-hybridized carbons (Fsp3) is 0.294. The lowest BCUT2D eigenvalue weighted by Crippen LogP contribution is -2.15. The summed E-state index contributed by atoms with van der Waals surface area (Å²) in [6.45, 7) is 4.85. The molecule has 0 saturated carbocycles. The number of rotatable bonds is 8. The van der Waals surface area contributed by atoms with Crippen LogP contribution in [-0.2, 0) is 6.54 Å². The lowest BCUT2D eigenvalue weighted by Gasteiger charge is -2.14. The molecule has 0 aliphatic rings. The lowest BCUT2D eigenvalue weighted by atomic mass is 10.2. The van der Waals surface area contributed by atoms with Crippen molar-refractivity contribution in [2.24, 2.45) is 0 Å². The van der Waals surface area contributed by atoms with Gasteiger partial charge in [-0.1, -0.05) is 37.3 Å². The molecule has 1 N–H and O–H groups in total. The molecule has 0 unspecified atom stereocenters. The van der Waals surface area contributed by atoms with Gasteiger partial charge in [-0.15, -0.1) is 0 Å². The molecule has 2 aromatic rings. The standard InChI is InChI=1S/C17H20BrNO2/c1-2-19-13-14-7-6-10-16(18)17(14)21-12-11-20-15-8-4-3-5-9-15/h3-10,19H,2,11-13H2,1H3. The Morgan fingerprint density at radius 2 is 1.71 bits per heavy atom. The van der Waals surface area contributed by atoms with Crippen molar-refractivity contribution < 1.29 is 9.47 Å². The minimum Gasteiger partial charge on any atom is -0.490 e. The summed E-state index contributed by atoms with van der Waals surface area (Å²) in [6, 6.07) is 15.8. The number of hydrogen-bond acceptors (Lipinski definition) is 3. The van der Waals surface area contributed by atoms with Crippen molar-refractivity contribution in [3.63, 3.8) is 0 Å². The topological polar surface area (TPSA) is 30.5 Å². The molecule has 4 heteroatoms. The van der Waals surface area contributed by atoms with Crippen LogP contribution in [0.2, 0.25) is 0 Å². The molecule has 0 radical (unpaired) electrons. The van der Waals surface area contributed by atoms with Crippen LogP contribution >= 0.6 is 15.9 Å². The highest BCUT2D eigenvalue weighted by Gasteiger charge is 2.07. The number of hydrogen-bond donors (Lipinski definition) is 1. The van der Waals surface area contributed by atoms with E-state index in [2.05, 4.69) is 34.2 Å². The minimum absolute atomic E-state index is 0.511. The summed E-state index contributed by atoms with van der Waals surface area (Å²) < 4.78 is 12.5. The SMILES string of the molecule is CCNCc1cccc(Br)c1OCCOc1ccccc1. The zero-order valence-corrected chi connectivity index (χ0v) is 13.7. The van der Waals surface area contributed by atoms with E-state index in [-0.39, 0.29) is 0 Å². The van der Waals surface area contributed by atoms with Gasteiger partial charge in [-0.25, -0.2) is 0 Å². The van der Waals surface area contributed by atoms with E-state index in [1.165, 1.54) is 0 Å². The van der Waals surface area contributed by atoms with Crippen molar-refractivity contribution >= 4 is 15.9 Å². The van der Waals surface area contributed by atoms with Crippen LogP contribution in [-0.4, -0.2) is 19.8 Å². The number of para-hydroxylation sites is 2. The third kappa shape index (κ3) is 5.06. The van der Waals surface area contributed by atoms with Gasteiger partial charge < -0.3 is 14.8 Å². The molecule has 0 aliphatic carbocycles. The molecule has 0 amide bonds. The number of benzene rings is 2. The third-order valence-electron chi connectivity index (χ3n) is 2.96. The van der Waals surface area contributed by atoms with Gasteiger partial charge in [0.05, 0.1) is 4.47 Å². The minimum atomic E-state index is 0.511. The maximum atomic E-state index is 5.87. The van der Waals surface area contributed by atoms with Crippen LogP contribution in [0.15, 0.2) is 53.0 Å². The second-order valence-corrected chi connectivity index (χ2v) is 5.37. The Balaban J connectivity index is 1.87. The van der Waals surface area contributed by atoms with Crippen LogP contribution in [0.1, 0.15) is 12.5 Å². The Kier molecular flexibility index (Phi) is 6.57. The highest BCUT2D eigenvalue weighted by atomic mass is 79.9. The number of halogens is 1. The summed E-state index contributed by atoms with van der Waals surface area (Å²) in [6.07, 6.45) is 0. The summed E-state index contributed by atoms with van der Waals surface area (Å²) in [5, 5.41) is 3.32. The van der Waals surface area contributed by atoms with Gasteiger partial charge in [-0.05, 0) is 40.7 Å². The van der Waals surface area contributed by atoms with Crippen molar-refractivity contribution in [2.45, 2.75) is 13.5 Å². The fourth-order valence-corrected chi connectivity index (χ4v) is 2.46. The van der Waals surface area contributed by atoms with Crippen LogP contribution in [0.25, 0.3) is 0 Å². The quantitative estimate of drug-likeness (QED) is 0.730. The average Bonchev–Trinajstić information content (AvgIpc) is 2.52. The van der Waals surface area contributed by atoms with Gasteiger partial charge in [0.2, 0.25) is 0 Å². The maximum absolute atomic E-state index is 5.87. The predicted molar refractivity (Wildman–Crippen MR) is 89.0 cm³/mol. The number of nitrogens with one attached hydrogen (secondary N) is 1. The highest BCUT2D eigenvalue weighted by molar-refractivity contribution is 9.10. The van der Waals surface area contributed by atoms with Gasteiger partial charge >= 0.3 is 0 Å². The van der Waals surface area contributed by atoms with E-state index in [0.717, 1.165) is 34.6 Å². The molecule has 0 bridgehead atoms. The Bertz CT molecular complexity index is 546. The van der Waals surface area contributed by atoms with Crippen LogP contribution in [0.4, 0.5) is 0 Å². The molecule has 0 aromatic heterocycles. The van der Waals surface area contributed by atoms with Gasteiger partial charge in [-0.2, -0.15) is 0 Å². The van der Waals surface area contributed by atoms with Crippen LogP contribution < -0.4 is 14.8 Å².